The molecule has 0 heterocycles. The van der Waals surface area contributed by atoms with Crippen molar-refractivity contribution in [3.8, 4) is 5.75 Å². The Morgan fingerprint density at radius 2 is 1.86 bits per heavy atom. The molecule has 0 atom stereocenters. The number of hydrogen-bond donors (Lipinski definition) is 1. The van der Waals surface area contributed by atoms with Crippen LogP contribution in [0, 0.1) is 5.82 Å². The summed E-state index contributed by atoms with van der Waals surface area (Å²) in [6.07, 6.45) is 0. The molecule has 2 rings (SSSR count). The van der Waals surface area contributed by atoms with Crippen LogP contribution in [-0.4, -0.2) is 12.9 Å². The van der Waals surface area contributed by atoms with Crippen molar-refractivity contribution in [2.24, 2.45) is 0 Å². The molecule has 2 aromatic carbocycles. The van der Waals surface area contributed by atoms with Crippen molar-refractivity contribution in [1.29, 1.82) is 0 Å². The topological polar surface area (TPSA) is 21.3 Å². The summed E-state index contributed by atoms with van der Waals surface area (Å²) >= 11 is 0.503. The van der Waals surface area contributed by atoms with Crippen molar-refractivity contribution in [2.45, 2.75) is 17.2 Å². The molecule has 2 aromatic rings. The lowest BCUT2D eigenvalue weighted by molar-refractivity contribution is 0.252. The highest BCUT2D eigenvalue weighted by atomic mass is 32.2. The number of methoxy groups -OCH3 is 1. The molecule has 0 saturated carbocycles. The number of anilines is 1. The molecule has 0 saturated heterocycles. The molecular weight excluding hydrogens is 299 g/mol. The van der Waals surface area contributed by atoms with Crippen LogP contribution < -0.4 is 10.1 Å². The first kappa shape index (κ1) is 15.6. The number of benzene rings is 2. The van der Waals surface area contributed by atoms with Crippen LogP contribution in [0.4, 0.5) is 18.9 Å². The average Bonchev–Trinajstić information content (AvgIpc) is 2.46. The minimum Gasteiger partial charge on any atom is -0.494 e. The molecule has 1 N–H and O–H groups in total. The Morgan fingerprint density at radius 3 is 2.43 bits per heavy atom. The molecule has 0 bridgehead atoms. The van der Waals surface area contributed by atoms with Gasteiger partial charge in [0.2, 0.25) is 0 Å². The van der Waals surface area contributed by atoms with Crippen LogP contribution in [-0.2, 0) is 6.54 Å². The lowest BCUT2D eigenvalue weighted by Crippen LogP contribution is -2.00. The van der Waals surface area contributed by atoms with Crippen molar-refractivity contribution in [2.75, 3.05) is 12.4 Å². The second kappa shape index (κ2) is 7.26. The Kier molecular flexibility index (Phi) is 5.38. The fourth-order valence-electron chi connectivity index (χ4n) is 1.78. The third-order valence-electron chi connectivity index (χ3n) is 2.79. The molecule has 112 valence electrons. The summed E-state index contributed by atoms with van der Waals surface area (Å²) in [7, 11) is 1.41. The predicted molar refractivity (Wildman–Crippen MR) is 78.6 cm³/mol. The summed E-state index contributed by atoms with van der Waals surface area (Å²) in [5.74, 6) is -2.64. The van der Waals surface area contributed by atoms with Crippen LogP contribution in [0.1, 0.15) is 5.56 Å². The van der Waals surface area contributed by atoms with Crippen molar-refractivity contribution in [3.05, 3.63) is 53.8 Å². The van der Waals surface area contributed by atoms with Crippen molar-refractivity contribution in [3.63, 3.8) is 0 Å². The molecule has 0 aliphatic heterocycles. The highest BCUT2D eigenvalue weighted by Crippen LogP contribution is 2.26. The summed E-state index contributed by atoms with van der Waals surface area (Å²) in [4.78, 5) is 0.506. The van der Waals surface area contributed by atoms with E-state index in [1.54, 1.807) is 36.4 Å². The number of halogens is 3. The van der Waals surface area contributed by atoms with Crippen LogP contribution in [0.25, 0.3) is 0 Å². The molecule has 0 aliphatic rings. The average molecular weight is 313 g/mol. The van der Waals surface area contributed by atoms with Gasteiger partial charge in [-0.1, -0.05) is 17.8 Å². The molecule has 0 aliphatic carbocycles. The van der Waals surface area contributed by atoms with Crippen molar-refractivity contribution in [1.82, 2.24) is 0 Å². The molecule has 0 aromatic heterocycles. The Balaban J connectivity index is 1.95. The molecule has 6 heteroatoms. The van der Waals surface area contributed by atoms with Gasteiger partial charge in [-0.15, -0.1) is 0 Å². The fraction of sp³-hybridized carbons (Fsp3) is 0.200. The number of rotatable bonds is 6. The Labute approximate surface area is 125 Å². The van der Waals surface area contributed by atoms with Gasteiger partial charge >= 0.3 is 0 Å². The van der Waals surface area contributed by atoms with Gasteiger partial charge in [0.25, 0.3) is 5.76 Å². The second-order valence-electron chi connectivity index (χ2n) is 4.23. The Bertz CT molecular complexity index is 590. The molecule has 0 amide bonds. The monoisotopic (exact) mass is 313 g/mol. The third kappa shape index (κ3) is 4.60. The predicted octanol–water partition coefficient (Wildman–Crippen LogP) is 4.76. The van der Waals surface area contributed by atoms with Crippen molar-refractivity contribution >= 4 is 17.4 Å². The molecule has 0 radical (unpaired) electrons. The van der Waals surface area contributed by atoms with Gasteiger partial charge in [-0.3, -0.25) is 0 Å². The minimum absolute atomic E-state index is 0.201. The highest BCUT2D eigenvalue weighted by Gasteiger charge is 2.05. The number of nitrogens with one attached hydrogen (secondary N) is 1. The van der Waals surface area contributed by atoms with E-state index in [1.807, 2.05) is 0 Å². The zero-order chi connectivity index (χ0) is 15.2. The molecule has 0 unspecified atom stereocenters. The molecule has 2 nitrogen and oxygen atoms in total. The maximum absolute atomic E-state index is 13.5. The SMILES string of the molecule is COc1ccc(CNc2ccc(SC(F)F)cc2)cc1F. The second-order valence-corrected chi connectivity index (χ2v) is 5.29. The lowest BCUT2D eigenvalue weighted by Gasteiger charge is -2.09. The van der Waals surface area contributed by atoms with E-state index in [2.05, 4.69) is 5.32 Å². The first-order valence-corrected chi connectivity index (χ1v) is 7.07. The molecule has 0 spiro atoms. The lowest BCUT2D eigenvalue weighted by atomic mass is 10.2. The van der Waals surface area contributed by atoms with E-state index >= 15 is 0 Å². The number of thioether (sulfide) groups is 1. The molecular formula is C15H14F3NOS. The van der Waals surface area contributed by atoms with E-state index in [-0.39, 0.29) is 5.75 Å². The van der Waals surface area contributed by atoms with Crippen molar-refractivity contribution < 1.29 is 17.9 Å². The highest BCUT2D eigenvalue weighted by molar-refractivity contribution is 7.99. The Morgan fingerprint density at radius 1 is 1.14 bits per heavy atom. The van der Waals surface area contributed by atoms with Gasteiger partial charge in [-0.05, 0) is 42.0 Å². The first-order chi connectivity index (χ1) is 10.1. The zero-order valence-corrected chi connectivity index (χ0v) is 12.1. The van der Waals surface area contributed by atoms with Crippen LogP contribution in [0.3, 0.4) is 0 Å². The summed E-state index contributed by atoms with van der Waals surface area (Å²) in [5.41, 5.74) is 1.55. The van der Waals surface area contributed by atoms with E-state index in [0.29, 0.717) is 23.2 Å². The van der Waals surface area contributed by atoms with Crippen LogP contribution in [0.15, 0.2) is 47.4 Å². The summed E-state index contributed by atoms with van der Waals surface area (Å²) in [6, 6.07) is 11.4. The quantitative estimate of drug-likeness (QED) is 0.777. The fourth-order valence-corrected chi connectivity index (χ4v) is 2.28. The Hall–Kier alpha value is -1.82. The van der Waals surface area contributed by atoms with Gasteiger partial charge in [0.15, 0.2) is 11.6 Å². The smallest absolute Gasteiger partial charge is 0.288 e. The number of hydrogen-bond acceptors (Lipinski definition) is 3. The van der Waals surface area contributed by atoms with E-state index in [4.69, 9.17) is 4.74 Å². The summed E-state index contributed by atoms with van der Waals surface area (Å²) < 4.78 is 42.8. The maximum Gasteiger partial charge on any atom is 0.288 e. The number of ether oxygens (including phenoxy) is 1. The first-order valence-electron chi connectivity index (χ1n) is 6.19. The summed E-state index contributed by atoms with van der Waals surface area (Å²) in [6.45, 7) is 0.433. The van der Waals surface area contributed by atoms with Gasteiger partial charge in [0.05, 0.1) is 7.11 Å². The largest absolute Gasteiger partial charge is 0.494 e. The third-order valence-corrected chi connectivity index (χ3v) is 3.51. The van der Waals surface area contributed by atoms with Gasteiger partial charge in [0, 0.05) is 17.1 Å². The zero-order valence-electron chi connectivity index (χ0n) is 11.3. The standard InChI is InChI=1S/C15H14F3NOS/c1-20-14-7-2-10(8-13(14)16)9-19-11-3-5-12(6-4-11)21-15(17)18/h2-8,15,19H,9H2,1H3. The van der Waals surface area contributed by atoms with E-state index in [0.717, 1.165) is 11.3 Å². The van der Waals surface area contributed by atoms with E-state index in [9.17, 15) is 13.2 Å². The van der Waals surface area contributed by atoms with Crippen LogP contribution in [0.5, 0.6) is 5.75 Å². The van der Waals surface area contributed by atoms with Crippen LogP contribution >= 0.6 is 11.8 Å². The van der Waals surface area contributed by atoms with Gasteiger partial charge in [-0.2, -0.15) is 8.78 Å². The molecule has 0 fully saturated rings. The molecule has 21 heavy (non-hydrogen) atoms. The van der Waals surface area contributed by atoms with Crippen LogP contribution in [0.2, 0.25) is 0 Å². The van der Waals surface area contributed by atoms with Gasteiger partial charge in [-0.25, -0.2) is 4.39 Å². The summed E-state index contributed by atoms with van der Waals surface area (Å²) in [5, 5.41) is 3.10. The van der Waals surface area contributed by atoms with E-state index < -0.39 is 11.6 Å². The maximum atomic E-state index is 13.5. The van der Waals surface area contributed by atoms with Gasteiger partial charge < -0.3 is 10.1 Å². The normalized spacial score (nSPS) is 10.7. The number of alkyl halides is 2. The minimum atomic E-state index is -2.42. The van der Waals surface area contributed by atoms with Gasteiger partial charge in [0.1, 0.15) is 0 Å². The van der Waals surface area contributed by atoms with E-state index in [1.165, 1.54) is 13.2 Å².